The van der Waals surface area contributed by atoms with Crippen molar-refractivity contribution in [1.82, 2.24) is 4.90 Å². The third-order valence-corrected chi connectivity index (χ3v) is 2.16. The van der Waals surface area contributed by atoms with Crippen LogP contribution in [0.15, 0.2) is 12.0 Å². The van der Waals surface area contributed by atoms with Crippen molar-refractivity contribution in [3.63, 3.8) is 0 Å². The van der Waals surface area contributed by atoms with Crippen molar-refractivity contribution in [2.45, 2.75) is 32.6 Å². The van der Waals surface area contributed by atoms with Gasteiger partial charge in [-0.05, 0) is 25.6 Å². The van der Waals surface area contributed by atoms with Gasteiger partial charge in [-0.15, -0.1) is 0 Å². The van der Waals surface area contributed by atoms with Crippen LogP contribution in [0.3, 0.4) is 0 Å². The molecule has 0 amide bonds. The molecule has 1 aliphatic rings. The first-order valence-electron chi connectivity index (χ1n) is 4.43. The molecule has 0 bridgehead atoms. The summed E-state index contributed by atoms with van der Waals surface area (Å²) in [7, 11) is 0. The second-order valence-electron chi connectivity index (χ2n) is 3.03. The van der Waals surface area contributed by atoms with Crippen LogP contribution in [-0.2, 0) is 0 Å². The van der Waals surface area contributed by atoms with Crippen LogP contribution in [0.1, 0.15) is 32.6 Å². The largest absolute Gasteiger partial charge is 1.00 e. The van der Waals surface area contributed by atoms with Crippen molar-refractivity contribution in [3.05, 3.63) is 12.0 Å². The van der Waals surface area contributed by atoms with Gasteiger partial charge in [-0.2, -0.15) is 0 Å². The average molecular weight is 161 g/mol. The van der Waals surface area contributed by atoms with Crippen LogP contribution in [0.25, 0.3) is 0 Å². The van der Waals surface area contributed by atoms with E-state index in [1.54, 1.807) is 6.08 Å². The zero-order valence-electron chi connectivity index (χ0n) is 8.18. The van der Waals surface area contributed by atoms with Gasteiger partial charge in [0.2, 0.25) is 0 Å². The van der Waals surface area contributed by atoms with Gasteiger partial charge in [0.05, 0.1) is 0 Å². The van der Waals surface area contributed by atoms with E-state index >= 15 is 0 Å². The number of allylic oxidation sites excluding steroid dienone is 1. The molecule has 0 atom stereocenters. The van der Waals surface area contributed by atoms with Gasteiger partial charge in [0.15, 0.2) is 0 Å². The van der Waals surface area contributed by atoms with Crippen LogP contribution in [-0.4, -0.2) is 18.0 Å². The van der Waals surface area contributed by atoms with E-state index in [4.69, 9.17) is 0 Å². The van der Waals surface area contributed by atoms with E-state index in [0.717, 1.165) is 13.1 Å². The van der Waals surface area contributed by atoms with Gasteiger partial charge in [0, 0.05) is 13.1 Å². The first-order valence-corrected chi connectivity index (χ1v) is 4.43. The van der Waals surface area contributed by atoms with Crippen LogP contribution >= 0.6 is 0 Å². The van der Waals surface area contributed by atoms with Crippen molar-refractivity contribution in [1.29, 1.82) is 0 Å². The predicted molar refractivity (Wildman–Crippen MR) is 43.8 cm³/mol. The Kier molecular flexibility index (Phi) is 6.42. The molecular formula is C9H16LiNO. The molecule has 1 saturated heterocycles. The first-order chi connectivity index (χ1) is 5.34. The molecule has 1 rings (SSSR count). The van der Waals surface area contributed by atoms with Crippen molar-refractivity contribution in [2.24, 2.45) is 0 Å². The Morgan fingerprint density at radius 3 is 2.08 bits per heavy atom. The van der Waals surface area contributed by atoms with Crippen molar-refractivity contribution in [3.8, 4) is 0 Å². The molecule has 0 N–H and O–H groups in total. The topological polar surface area (TPSA) is 26.3 Å². The molecule has 0 saturated carbocycles. The second-order valence-corrected chi connectivity index (χ2v) is 3.03. The minimum Gasteiger partial charge on any atom is -0.861 e. The normalized spacial score (nSPS) is 19.8. The van der Waals surface area contributed by atoms with Crippen LogP contribution in [0.4, 0.5) is 0 Å². The fourth-order valence-corrected chi connectivity index (χ4v) is 1.47. The van der Waals surface area contributed by atoms with Crippen LogP contribution in [0.5, 0.6) is 0 Å². The van der Waals surface area contributed by atoms with E-state index < -0.39 is 0 Å². The molecule has 0 radical (unpaired) electrons. The average Bonchev–Trinajstić information content (AvgIpc) is 2.30. The summed E-state index contributed by atoms with van der Waals surface area (Å²) in [6.45, 7) is 3.74. The minimum absolute atomic E-state index is 0. The molecule has 0 aromatic heterocycles. The van der Waals surface area contributed by atoms with Crippen molar-refractivity contribution < 1.29 is 24.0 Å². The third kappa shape index (κ3) is 3.56. The summed E-state index contributed by atoms with van der Waals surface area (Å²) in [4.78, 5) is 1.95. The maximum Gasteiger partial charge on any atom is 1.00 e. The summed E-state index contributed by atoms with van der Waals surface area (Å²) in [6, 6.07) is 0. The molecule has 0 unspecified atom stereocenters. The number of hydrogen-bond acceptors (Lipinski definition) is 2. The van der Waals surface area contributed by atoms with E-state index in [9.17, 15) is 5.11 Å². The van der Waals surface area contributed by atoms with Crippen molar-refractivity contribution >= 4 is 0 Å². The van der Waals surface area contributed by atoms with Gasteiger partial charge in [-0.3, -0.25) is 0 Å². The summed E-state index contributed by atoms with van der Waals surface area (Å²) < 4.78 is 0. The molecule has 3 heteroatoms. The maximum atomic E-state index is 11.2. The molecule has 0 spiro atoms. The Labute approximate surface area is 86.8 Å². The summed E-state index contributed by atoms with van der Waals surface area (Å²) in [5, 5.41) is 11.2. The van der Waals surface area contributed by atoms with Crippen LogP contribution in [0, 0.1) is 0 Å². The van der Waals surface area contributed by atoms with E-state index in [0.29, 0.717) is 0 Å². The maximum absolute atomic E-state index is 11.2. The number of hydrogen-bond donors (Lipinski definition) is 0. The molecule has 0 aromatic rings. The van der Waals surface area contributed by atoms with Gasteiger partial charge in [-0.1, -0.05) is 18.9 Å². The molecule has 1 aliphatic heterocycles. The second kappa shape index (κ2) is 6.45. The first kappa shape index (κ1) is 11.9. The Morgan fingerprint density at radius 2 is 1.67 bits per heavy atom. The molecule has 1 heterocycles. The van der Waals surface area contributed by atoms with E-state index in [-0.39, 0.29) is 24.7 Å². The molecule has 64 valence electrons. The third-order valence-electron chi connectivity index (χ3n) is 2.16. The molecule has 12 heavy (non-hydrogen) atoms. The van der Waals surface area contributed by atoms with Crippen molar-refractivity contribution in [2.75, 3.05) is 13.1 Å². The quantitative estimate of drug-likeness (QED) is 0.331. The van der Waals surface area contributed by atoms with Gasteiger partial charge in [-0.25, -0.2) is 0 Å². The van der Waals surface area contributed by atoms with E-state index in [2.05, 4.69) is 0 Å². The fraction of sp³-hybridized carbons (Fsp3) is 0.778. The van der Waals surface area contributed by atoms with E-state index in [1.165, 1.54) is 25.7 Å². The molecule has 2 nitrogen and oxygen atoms in total. The van der Waals surface area contributed by atoms with Gasteiger partial charge in [0.1, 0.15) is 0 Å². The SMILES string of the molecule is C/C=C(\[O-])N1CCCCCC1.[Li+]. The summed E-state index contributed by atoms with van der Waals surface area (Å²) in [6.07, 6.45) is 6.59. The zero-order valence-corrected chi connectivity index (χ0v) is 8.18. The zero-order chi connectivity index (χ0) is 8.10. The smallest absolute Gasteiger partial charge is 0.861 e. The minimum atomic E-state index is 0. The summed E-state index contributed by atoms with van der Waals surface area (Å²) >= 11 is 0. The van der Waals surface area contributed by atoms with E-state index in [1.807, 2.05) is 11.8 Å². The predicted octanol–water partition coefficient (Wildman–Crippen LogP) is -1.91. The van der Waals surface area contributed by atoms with Crippen LogP contribution < -0.4 is 24.0 Å². The Hall–Kier alpha value is -0.0626. The fourth-order valence-electron chi connectivity index (χ4n) is 1.47. The van der Waals surface area contributed by atoms with Crippen LogP contribution in [0.2, 0.25) is 0 Å². The van der Waals surface area contributed by atoms with Gasteiger partial charge >= 0.3 is 18.9 Å². The Morgan fingerprint density at radius 1 is 1.17 bits per heavy atom. The Bertz CT molecular complexity index is 139. The summed E-state index contributed by atoms with van der Waals surface area (Å²) in [5.74, 6) is 0.201. The molecule has 0 aromatic carbocycles. The monoisotopic (exact) mass is 161 g/mol. The number of likely N-dealkylation sites (tertiary alicyclic amines) is 1. The Balaban J connectivity index is 0.00000121. The molecule has 1 fully saturated rings. The summed E-state index contributed by atoms with van der Waals surface area (Å²) in [5.41, 5.74) is 0. The van der Waals surface area contributed by atoms with Gasteiger partial charge in [0.25, 0.3) is 0 Å². The molecular weight excluding hydrogens is 145 g/mol. The standard InChI is InChI=1S/C9H17NO.Li/c1-2-9(11)10-7-5-3-4-6-8-10;/h2,11H,3-8H2,1H3;/q;+1/p-1/b9-2-;. The van der Waals surface area contributed by atoms with Gasteiger partial charge < -0.3 is 10.0 Å². The number of rotatable bonds is 1. The molecule has 0 aliphatic carbocycles. The number of nitrogens with zero attached hydrogens (tertiary/aromatic N) is 1.